The lowest BCUT2D eigenvalue weighted by Crippen LogP contribution is -2.24. The molecule has 0 aliphatic rings. The lowest BCUT2D eigenvalue weighted by atomic mass is 10.0. The molecule has 1 aromatic carbocycles. The van der Waals surface area contributed by atoms with Crippen LogP contribution in [0.25, 0.3) is 0 Å². The monoisotopic (exact) mass is 249 g/mol. The summed E-state index contributed by atoms with van der Waals surface area (Å²) in [6, 6.07) is 6.62. The topological polar surface area (TPSA) is 21.3 Å². The minimum absolute atomic E-state index is 0.709. The molecule has 0 spiro atoms. The van der Waals surface area contributed by atoms with Crippen LogP contribution < -0.4 is 5.32 Å². The zero-order valence-electron chi connectivity index (χ0n) is 12.3. The van der Waals surface area contributed by atoms with E-state index in [1.807, 2.05) is 0 Å². The van der Waals surface area contributed by atoms with Crippen molar-refractivity contribution in [3.8, 4) is 0 Å². The van der Waals surface area contributed by atoms with Gasteiger partial charge in [0.15, 0.2) is 0 Å². The van der Waals surface area contributed by atoms with Gasteiger partial charge in [-0.05, 0) is 43.9 Å². The Morgan fingerprint density at radius 1 is 1.17 bits per heavy atom. The van der Waals surface area contributed by atoms with E-state index in [4.69, 9.17) is 4.74 Å². The molecule has 0 bridgehead atoms. The molecule has 2 heteroatoms. The van der Waals surface area contributed by atoms with Crippen LogP contribution >= 0.6 is 0 Å². The van der Waals surface area contributed by atoms with Crippen molar-refractivity contribution < 1.29 is 4.74 Å². The molecule has 0 aliphatic heterocycles. The summed E-state index contributed by atoms with van der Waals surface area (Å²) < 4.78 is 5.64. The molecule has 0 amide bonds. The van der Waals surface area contributed by atoms with Gasteiger partial charge in [-0.15, -0.1) is 0 Å². The molecule has 0 atom stereocenters. The maximum Gasteiger partial charge on any atom is 0.0591 e. The lowest BCUT2D eigenvalue weighted by molar-refractivity contribution is 0.138. The highest BCUT2D eigenvalue weighted by Gasteiger charge is 1.99. The maximum absolute atomic E-state index is 5.64. The Balaban J connectivity index is 2.11. The van der Waals surface area contributed by atoms with Crippen molar-refractivity contribution in [3.05, 3.63) is 34.9 Å². The van der Waals surface area contributed by atoms with E-state index >= 15 is 0 Å². The molecule has 0 fully saturated rings. The summed E-state index contributed by atoms with van der Waals surface area (Å²) >= 11 is 0. The highest BCUT2D eigenvalue weighted by atomic mass is 16.5. The number of nitrogens with one attached hydrogen (secondary N) is 1. The van der Waals surface area contributed by atoms with E-state index in [1.54, 1.807) is 0 Å². The molecule has 1 aromatic rings. The molecule has 0 unspecified atom stereocenters. The van der Waals surface area contributed by atoms with Crippen LogP contribution in [0.2, 0.25) is 0 Å². The Morgan fingerprint density at radius 2 is 1.94 bits per heavy atom. The first-order valence-corrected chi connectivity index (χ1v) is 6.94. The summed E-state index contributed by atoms with van der Waals surface area (Å²) in [6.07, 6.45) is 1.01. The predicted octanol–water partition coefficient (Wildman–Crippen LogP) is 3.11. The van der Waals surface area contributed by atoms with Crippen LogP contribution in [0.4, 0.5) is 0 Å². The summed E-state index contributed by atoms with van der Waals surface area (Å²) in [7, 11) is 0. The largest absolute Gasteiger partial charge is 0.380 e. The van der Waals surface area contributed by atoms with Gasteiger partial charge in [-0.25, -0.2) is 0 Å². The van der Waals surface area contributed by atoms with Crippen molar-refractivity contribution in [1.29, 1.82) is 0 Å². The Hall–Kier alpha value is -0.860. The SMILES string of the molecule is Cc1ccc(CCOCCNCC(C)C)c(C)c1. The summed E-state index contributed by atoms with van der Waals surface area (Å²) in [5.41, 5.74) is 4.10. The van der Waals surface area contributed by atoms with Gasteiger partial charge in [0.1, 0.15) is 0 Å². The van der Waals surface area contributed by atoms with E-state index in [2.05, 4.69) is 51.2 Å². The molecule has 18 heavy (non-hydrogen) atoms. The van der Waals surface area contributed by atoms with E-state index in [0.717, 1.165) is 32.7 Å². The number of hydrogen-bond acceptors (Lipinski definition) is 2. The molecule has 0 aliphatic carbocycles. The smallest absolute Gasteiger partial charge is 0.0591 e. The standard InChI is InChI=1S/C16H27NO/c1-13(2)12-17-8-10-18-9-7-16-6-5-14(3)11-15(16)4/h5-6,11,13,17H,7-10,12H2,1-4H3. The summed E-state index contributed by atoms with van der Waals surface area (Å²) in [5, 5.41) is 3.38. The summed E-state index contributed by atoms with van der Waals surface area (Å²) in [4.78, 5) is 0. The predicted molar refractivity (Wildman–Crippen MR) is 78.1 cm³/mol. The van der Waals surface area contributed by atoms with E-state index in [-0.39, 0.29) is 0 Å². The van der Waals surface area contributed by atoms with Crippen LogP contribution in [0.5, 0.6) is 0 Å². The number of aryl methyl sites for hydroxylation is 2. The molecular weight excluding hydrogens is 222 g/mol. The second kappa shape index (κ2) is 8.28. The average Bonchev–Trinajstić information content (AvgIpc) is 2.30. The van der Waals surface area contributed by atoms with Crippen molar-refractivity contribution in [3.63, 3.8) is 0 Å². The van der Waals surface area contributed by atoms with E-state index in [9.17, 15) is 0 Å². The van der Waals surface area contributed by atoms with E-state index in [1.165, 1.54) is 16.7 Å². The van der Waals surface area contributed by atoms with Gasteiger partial charge < -0.3 is 10.1 Å². The molecule has 1 N–H and O–H groups in total. The average molecular weight is 249 g/mol. The van der Waals surface area contributed by atoms with Crippen molar-refractivity contribution >= 4 is 0 Å². The second-order valence-electron chi connectivity index (χ2n) is 5.39. The summed E-state index contributed by atoms with van der Waals surface area (Å²) in [6.45, 7) is 12.4. The molecule has 0 saturated heterocycles. The molecule has 0 saturated carbocycles. The minimum Gasteiger partial charge on any atom is -0.380 e. The van der Waals surface area contributed by atoms with Gasteiger partial charge in [-0.2, -0.15) is 0 Å². The van der Waals surface area contributed by atoms with Crippen LogP contribution in [-0.4, -0.2) is 26.3 Å². The minimum atomic E-state index is 0.709. The zero-order chi connectivity index (χ0) is 13.4. The van der Waals surface area contributed by atoms with Gasteiger partial charge >= 0.3 is 0 Å². The van der Waals surface area contributed by atoms with Crippen LogP contribution in [-0.2, 0) is 11.2 Å². The van der Waals surface area contributed by atoms with Crippen molar-refractivity contribution in [2.45, 2.75) is 34.1 Å². The zero-order valence-corrected chi connectivity index (χ0v) is 12.3. The lowest BCUT2D eigenvalue weighted by Gasteiger charge is -2.09. The Kier molecular flexibility index (Phi) is 6.99. The quantitative estimate of drug-likeness (QED) is 0.715. The van der Waals surface area contributed by atoms with Crippen molar-refractivity contribution in [2.75, 3.05) is 26.3 Å². The van der Waals surface area contributed by atoms with Crippen LogP contribution in [0.3, 0.4) is 0 Å². The normalized spacial score (nSPS) is 11.2. The first kappa shape index (κ1) is 15.2. The highest BCUT2D eigenvalue weighted by molar-refractivity contribution is 5.30. The van der Waals surface area contributed by atoms with Gasteiger partial charge in [0.25, 0.3) is 0 Å². The van der Waals surface area contributed by atoms with Crippen molar-refractivity contribution in [1.82, 2.24) is 5.32 Å². The Morgan fingerprint density at radius 3 is 2.61 bits per heavy atom. The number of hydrogen-bond donors (Lipinski definition) is 1. The van der Waals surface area contributed by atoms with Gasteiger partial charge in [0, 0.05) is 6.54 Å². The first-order valence-electron chi connectivity index (χ1n) is 6.94. The van der Waals surface area contributed by atoms with Crippen LogP contribution in [0, 0.1) is 19.8 Å². The third-order valence-corrected chi connectivity index (χ3v) is 2.99. The fourth-order valence-corrected chi connectivity index (χ4v) is 1.95. The second-order valence-corrected chi connectivity index (χ2v) is 5.39. The first-order chi connectivity index (χ1) is 8.59. The van der Waals surface area contributed by atoms with Gasteiger partial charge in [-0.3, -0.25) is 0 Å². The Bertz CT molecular complexity index is 347. The summed E-state index contributed by atoms with van der Waals surface area (Å²) in [5.74, 6) is 0.709. The van der Waals surface area contributed by atoms with Gasteiger partial charge in [-0.1, -0.05) is 37.6 Å². The molecule has 2 nitrogen and oxygen atoms in total. The van der Waals surface area contributed by atoms with Crippen LogP contribution in [0.1, 0.15) is 30.5 Å². The van der Waals surface area contributed by atoms with Crippen molar-refractivity contribution in [2.24, 2.45) is 5.92 Å². The van der Waals surface area contributed by atoms with Gasteiger partial charge in [0.05, 0.1) is 13.2 Å². The molecule has 1 rings (SSSR count). The number of rotatable bonds is 8. The van der Waals surface area contributed by atoms with E-state index in [0.29, 0.717) is 5.92 Å². The maximum atomic E-state index is 5.64. The fourth-order valence-electron chi connectivity index (χ4n) is 1.95. The fraction of sp³-hybridized carbons (Fsp3) is 0.625. The molecular formula is C16H27NO. The number of benzene rings is 1. The Labute approximate surface area is 112 Å². The third-order valence-electron chi connectivity index (χ3n) is 2.99. The molecule has 0 heterocycles. The third kappa shape index (κ3) is 6.18. The molecule has 0 radical (unpaired) electrons. The molecule has 102 valence electrons. The van der Waals surface area contributed by atoms with E-state index < -0.39 is 0 Å². The van der Waals surface area contributed by atoms with Crippen LogP contribution in [0.15, 0.2) is 18.2 Å². The highest BCUT2D eigenvalue weighted by Crippen LogP contribution is 2.10. The number of ether oxygens (including phenoxy) is 1. The molecule has 0 aromatic heterocycles. The van der Waals surface area contributed by atoms with Gasteiger partial charge in [0.2, 0.25) is 0 Å².